The fraction of sp³-hybridized carbons (Fsp3) is 0.0714. The Bertz CT molecular complexity index is 685. The third kappa shape index (κ3) is 3.21. The van der Waals surface area contributed by atoms with Gasteiger partial charge in [-0.2, -0.15) is 0 Å². The van der Waals surface area contributed by atoms with Gasteiger partial charge in [-0.05, 0) is 24.3 Å². The first kappa shape index (κ1) is 15.9. The molecule has 0 saturated carbocycles. The lowest BCUT2D eigenvalue weighted by atomic mass is 10.2. The Hall–Kier alpha value is -2.51. The first-order valence-electron chi connectivity index (χ1n) is 5.75. The smallest absolute Gasteiger partial charge is 0.200 e. The van der Waals surface area contributed by atoms with Gasteiger partial charge in [-0.1, -0.05) is 5.16 Å². The Kier molecular flexibility index (Phi) is 4.69. The molecule has 0 aliphatic heterocycles. The zero-order valence-electron chi connectivity index (χ0n) is 10.6. The molecule has 0 unspecified atom stereocenters. The van der Waals surface area contributed by atoms with Gasteiger partial charge in [0.1, 0.15) is 18.6 Å². The van der Waals surface area contributed by atoms with Crippen LogP contribution in [0.3, 0.4) is 0 Å². The van der Waals surface area contributed by atoms with Crippen molar-refractivity contribution >= 4 is 6.21 Å². The summed E-state index contributed by atoms with van der Waals surface area (Å²) in [6.45, 7) is -0.986. The molecule has 0 aromatic heterocycles. The minimum absolute atomic E-state index is 0.291. The van der Waals surface area contributed by atoms with Crippen LogP contribution in [0.1, 0.15) is 11.1 Å². The normalized spacial score (nSPS) is 11.2. The van der Waals surface area contributed by atoms with Crippen molar-refractivity contribution in [2.45, 2.75) is 6.61 Å². The number of halogens is 6. The van der Waals surface area contributed by atoms with Gasteiger partial charge in [0.15, 0.2) is 23.3 Å². The van der Waals surface area contributed by atoms with E-state index in [1.807, 2.05) is 0 Å². The van der Waals surface area contributed by atoms with Gasteiger partial charge >= 0.3 is 0 Å². The molecular formula is C14H6F6NO. The molecule has 8 heteroatoms. The molecule has 0 aliphatic carbocycles. The summed E-state index contributed by atoms with van der Waals surface area (Å²) in [4.78, 5) is 4.45. The van der Waals surface area contributed by atoms with Crippen LogP contribution in [-0.2, 0) is 11.4 Å². The van der Waals surface area contributed by atoms with Gasteiger partial charge in [0.2, 0.25) is 5.82 Å². The molecule has 0 aliphatic rings. The third-order valence-corrected chi connectivity index (χ3v) is 2.59. The molecular weight excluding hydrogens is 312 g/mol. The van der Waals surface area contributed by atoms with E-state index in [-0.39, 0.29) is 0 Å². The molecule has 115 valence electrons. The van der Waals surface area contributed by atoms with Gasteiger partial charge in [-0.15, -0.1) is 0 Å². The van der Waals surface area contributed by atoms with Crippen LogP contribution < -0.4 is 0 Å². The van der Waals surface area contributed by atoms with Gasteiger partial charge in [-0.25, -0.2) is 26.3 Å². The first-order chi connectivity index (χ1) is 10.4. The van der Waals surface area contributed by atoms with Crippen LogP contribution in [0, 0.1) is 34.9 Å². The molecule has 0 saturated heterocycles. The van der Waals surface area contributed by atoms with E-state index in [9.17, 15) is 26.3 Å². The standard InChI is InChI=1S/C14H6F6NO/c15-8-3-1-7(2-4-8)5-21-22-6-9-10(16)12(18)14(20)13(19)11(9)17/h1-4H,6H2. The van der Waals surface area contributed by atoms with E-state index >= 15 is 0 Å². The number of benzene rings is 2. The van der Waals surface area contributed by atoms with Gasteiger partial charge in [0.25, 0.3) is 0 Å². The zero-order chi connectivity index (χ0) is 16.3. The summed E-state index contributed by atoms with van der Waals surface area (Å²) in [5, 5.41) is 3.19. The van der Waals surface area contributed by atoms with Crippen molar-refractivity contribution in [3.63, 3.8) is 0 Å². The Morgan fingerprint density at radius 2 is 1.27 bits per heavy atom. The SMILES string of the molecule is Fc1ccc(/[C]=N\OCc2c(F)c(F)c(F)c(F)c2F)cc1. The Balaban J connectivity index is 2.11. The lowest BCUT2D eigenvalue weighted by Gasteiger charge is -2.06. The van der Waals surface area contributed by atoms with Crippen LogP contribution in [-0.4, -0.2) is 6.21 Å². The van der Waals surface area contributed by atoms with E-state index in [0.717, 1.165) is 12.1 Å². The summed E-state index contributed by atoms with van der Waals surface area (Å²) in [7, 11) is 0. The van der Waals surface area contributed by atoms with Crippen molar-refractivity contribution in [3.8, 4) is 0 Å². The highest BCUT2D eigenvalue weighted by Gasteiger charge is 2.25. The monoisotopic (exact) mass is 318 g/mol. The minimum atomic E-state index is -2.25. The molecule has 0 amide bonds. The molecule has 22 heavy (non-hydrogen) atoms. The molecule has 2 nitrogen and oxygen atoms in total. The maximum Gasteiger partial charge on any atom is 0.200 e. The van der Waals surface area contributed by atoms with Crippen molar-refractivity contribution in [1.29, 1.82) is 0 Å². The van der Waals surface area contributed by atoms with E-state index in [1.54, 1.807) is 0 Å². The van der Waals surface area contributed by atoms with E-state index < -0.39 is 47.1 Å². The predicted octanol–water partition coefficient (Wildman–Crippen LogP) is 3.95. The zero-order valence-corrected chi connectivity index (χ0v) is 10.6. The molecule has 0 fully saturated rings. The first-order valence-corrected chi connectivity index (χ1v) is 5.75. The Morgan fingerprint density at radius 3 is 1.82 bits per heavy atom. The maximum atomic E-state index is 13.3. The summed E-state index contributed by atoms with van der Waals surface area (Å²) in [5.41, 5.74) is -0.861. The number of rotatable bonds is 4. The van der Waals surface area contributed by atoms with Crippen LogP contribution in [0.2, 0.25) is 0 Å². The number of hydrogen-bond donors (Lipinski definition) is 0. The number of nitrogens with zero attached hydrogens (tertiary/aromatic N) is 1. The second-order valence-corrected chi connectivity index (χ2v) is 4.03. The Morgan fingerprint density at radius 1 is 0.773 bits per heavy atom. The van der Waals surface area contributed by atoms with E-state index in [4.69, 9.17) is 0 Å². The second kappa shape index (κ2) is 6.50. The third-order valence-electron chi connectivity index (χ3n) is 2.59. The molecule has 0 N–H and O–H groups in total. The highest BCUT2D eigenvalue weighted by atomic mass is 19.2. The molecule has 0 bridgehead atoms. The summed E-state index contributed by atoms with van der Waals surface area (Å²) < 4.78 is 77.8. The molecule has 0 atom stereocenters. The fourth-order valence-electron chi connectivity index (χ4n) is 1.48. The minimum Gasteiger partial charge on any atom is -0.390 e. The molecule has 0 spiro atoms. The van der Waals surface area contributed by atoms with Crippen molar-refractivity contribution in [2.24, 2.45) is 5.16 Å². The lowest BCUT2D eigenvalue weighted by Crippen LogP contribution is -2.07. The van der Waals surface area contributed by atoms with Crippen LogP contribution in [0.4, 0.5) is 26.3 Å². The molecule has 2 aromatic rings. The van der Waals surface area contributed by atoms with Crippen LogP contribution in [0.15, 0.2) is 29.4 Å². The van der Waals surface area contributed by atoms with Crippen molar-refractivity contribution in [3.05, 3.63) is 70.3 Å². The lowest BCUT2D eigenvalue weighted by molar-refractivity contribution is 0.124. The predicted molar refractivity (Wildman–Crippen MR) is 64.0 cm³/mol. The van der Waals surface area contributed by atoms with Crippen molar-refractivity contribution in [2.75, 3.05) is 0 Å². The van der Waals surface area contributed by atoms with Gasteiger partial charge in [0.05, 0.1) is 5.56 Å². The van der Waals surface area contributed by atoms with E-state index in [2.05, 4.69) is 16.2 Å². The summed E-state index contributed by atoms with van der Waals surface area (Å²) in [6.07, 6.45) is 2.25. The molecule has 1 radical (unpaired) electrons. The number of hydrogen-bond acceptors (Lipinski definition) is 2. The van der Waals surface area contributed by atoms with Crippen LogP contribution in [0.5, 0.6) is 0 Å². The van der Waals surface area contributed by atoms with Crippen molar-refractivity contribution < 1.29 is 31.2 Å². The van der Waals surface area contributed by atoms with Crippen LogP contribution in [0.25, 0.3) is 0 Å². The summed E-state index contributed by atoms with van der Waals surface area (Å²) in [6, 6.07) is 4.81. The second-order valence-electron chi connectivity index (χ2n) is 4.03. The molecule has 0 heterocycles. The van der Waals surface area contributed by atoms with E-state index in [1.165, 1.54) is 12.1 Å². The topological polar surface area (TPSA) is 21.6 Å². The molecule has 2 rings (SSSR count). The highest BCUT2D eigenvalue weighted by Crippen LogP contribution is 2.23. The maximum absolute atomic E-state index is 13.3. The quantitative estimate of drug-likeness (QED) is 0.275. The highest BCUT2D eigenvalue weighted by molar-refractivity contribution is 5.78. The van der Waals surface area contributed by atoms with Crippen LogP contribution >= 0.6 is 0 Å². The average Bonchev–Trinajstić information content (AvgIpc) is 2.52. The summed E-state index contributed by atoms with van der Waals surface area (Å²) >= 11 is 0. The van der Waals surface area contributed by atoms with Crippen molar-refractivity contribution in [1.82, 2.24) is 0 Å². The largest absolute Gasteiger partial charge is 0.390 e. The fourth-order valence-corrected chi connectivity index (χ4v) is 1.48. The van der Waals surface area contributed by atoms with Gasteiger partial charge < -0.3 is 4.84 Å². The van der Waals surface area contributed by atoms with Gasteiger partial charge in [-0.3, -0.25) is 0 Å². The summed E-state index contributed by atoms with van der Waals surface area (Å²) in [5.74, 6) is -10.9. The van der Waals surface area contributed by atoms with E-state index in [0.29, 0.717) is 5.56 Å². The van der Waals surface area contributed by atoms with Gasteiger partial charge in [0, 0.05) is 5.56 Å². The Labute approximate surface area is 120 Å². The molecule has 2 aromatic carbocycles. The average molecular weight is 318 g/mol.